The molecule has 0 aromatic rings. The van der Waals surface area contributed by atoms with Crippen LogP contribution in [-0.4, -0.2) is 25.2 Å². The van der Waals surface area contributed by atoms with E-state index in [0.29, 0.717) is 35.0 Å². The Hall–Kier alpha value is -1.22. The minimum Gasteiger partial charge on any atom is -0.508 e. The van der Waals surface area contributed by atoms with Crippen molar-refractivity contribution in [2.45, 2.75) is 45.6 Å². The molecule has 0 bridgehead atoms. The summed E-state index contributed by atoms with van der Waals surface area (Å²) in [5, 5.41) is 17.2. The number of hydrogen-bond donors (Lipinski definition) is 3. The molecule has 0 aromatic carbocycles. The molecule has 3 nitrogen and oxygen atoms in total. The van der Waals surface area contributed by atoms with Crippen LogP contribution in [-0.2, 0) is 0 Å². The summed E-state index contributed by atoms with van der Waals surface area (Å²) in [4.78, 5) is 0. The van der Waals surface area contributed by atoms with Gasteiger partial charge in [0.1, 0.15) is 5.76 Å². The highest BCUT2D eigenvalue weighted by molar-refractivity contribution is 5.30. The third kappa shape index (κ3) is 2.00. The van der Waals surface area contributed by atoms with E-state index in [9.17, 15) is 5.11 Å². The predicted molar refractivity (Wildman–Crippen MR) is 98.5 cm³/mol. The molecular weight excluding hydrogens is 296 g/mol. The zero-order valence-corrected chi connectivity index (χ0v) is 15.5. The normalized spacial score (nSPS) is 49.6. The lowest BCUT2D eigenvalue weighted by Gasteiger charge is -2.60. The number of allylic oxidation sites excluding steroid dienone is 5. The van der Waals surface area contributed by atoms with E-state index in [-0.39, 0.29) is 5.41 Å². The van der Waals surface area contributed by atoms with Crippen molar-refractivity contribution in [3.63, 3.8) is 0 Å². The fraction of sp³-hybridized carbons (Fsp3) is 0.714. The van der Waals surface area contributed by atoms with Gasteiger partial charge in [-0.25, -0.2) is 0 Å². The number of nitrogens with one attached hydrogen (secondary N) is 2. The molecule has 2 saturated carbocycles. The second-order valence-electron chi connectivity index (χ2n) is 8.88. The Morgan fingerprint density at radius 1 is 1.21 bits per heavy atom. The van der Waals surface area contributed by atoms with Crippen LogP contribution in [0.4, 0.5) is 0 Å². The second kappa shape index (κ2) is 5.39. The largest absolute Gasteiger partial charge is 0.508 e. The van der Waals surface area contributed by atoms with Crippen LogP contribution < -0.4 is 10.6 Å². The van der Waals surface area contributed by atoms with Crippen molar-refractivity contribution in [3.8, 4) is 0 Å². The average Bonchev–Trinajstić information content (AvgIpc) is 2.91. The van der Waals surface area contributed by atoms with Gasteiger partial charge in [0, 0.05) is 24.2 Å². The number of hydrogen-bond acceptors (Lipinski definition) is 3. The Bertz CT molecular complexity index is 621. The van der Waals surface area contributed by atoms with Crippen LogP contribution in [0.15, 0.2) is 35.8 Å². The Morgan fingerprint density at radius 3 is 2.71 bits per heavy atom. The van der Waals surface area contributed by atoms with Crippen LogP contribution in [0, 0.1) is 34.5 Å². The first-order chi connectivity index (χ1) is 11.4. The van der Waals surface area contributed by atoms with Crippen molar-refractivity contribution in [2.75, 3.05) is 14.1 Å². The minimum absolute atomic E-state index is 0.188. The molecule has 4 aliphatic rings. The van der Waals surface area contributed by atoms with Crippen molar-refractivity contribution < 1.29 is 5.11 Å². The van der Waals surface area contributed by atoms with E-state index in [1.807, 2.05) is 6.08 Å². The summed E-state index contributed by atoms with van der Waals surface area (Å²) in [7, 11) is 4.21. The summed E-state index contributed by atoms with van der Waals surface area (Å²) in [6, 6.07) is 0.540. The molecule has 0 spiro atoms. The van der Waals surface area contributed by atoms with Gasteiger partial charge in [-0.3, -0.25) is 0 Å². The molecule has 2 unspecified atom stereocenters. The predicted octanol–water partition coefficient (Wildman–Crippen LogP) is 3.77. The molecule has 7 atom stereocenters. The van der Waals surface area contributed by atoms with E-state index in [1.54, 1.807) is 0 Å². The topological polar surface area (TPSA) is 44.3 Å². The van der Waals surface area contributed by atoms with Crippen molar-refractivity contribution in [1.29, 1.82) is 0 Å². The molecule has 3 heteroatoms. The van der Waals surface area contributed by atoms with E-state index in [4.69, 9.17) is 0 Å². The van der Waals surface area contributed by atoms with Gasteiger partial charge in [0.05, 0.1) is 0 Å². The second-order valence-corrected chi connectivity index (χ2v) is 8.88. The fourth-order valence-corrected chi connectivity index (χ4v) is 6.73. The highest BCUT2D eigenvalue weighted by Crippen LogP contribution is 2.64. The highest BCUT2D eigenvalue weighted by Gasteiger charge is 2.59. The minimum atomic E-state index is 0.188. The van der Waals surface area contributed by atoms with Crippen LogP contribution in [0.1, 0.15) is 39.5 Å². The first kappa shape index (κ1) is 16.3. The van der Waals surface area contributed by atoms with E-state index in [2.05, 4.69) is 56.8 Å². The van der Waals surface area contributed by atoms with Crippen LogP contribution >= 0.6 is 0 Å². The Morgan fingerprint density at radius 2 is 2.00 bits per heavy atom. The molecule has 0 heterocycles. The summed E-state index contributed by atoms with van der Waals surface area (Å²) < 4.78 is 0. The number of aliphatic hydroxyl groups is 1. The number of rotatable bonds is 2. The van der Waals surface area contributed by atoms with Gasteiger partial charge >= 0.3 is 0 Å². The van der Waals surface area contributed by atoms with Crippen LogP contribution in [0.2, 0.25) is 0 Å². The molecule has 0 aliphatic heterocycles. The SMILES string of the molecule is CNC1=CC[C@H]2[C@@H]3C(NC)CC4C=C(O)C=C[C@]4(C)[C@@H]3CC[C@]12C. The lowest BCUT2D eigenvalue weighted by atomic mass is 9.45. The van der Waals surface area contributed by atoms with Crippen LogP contribution in [0.3, 0.4) is 0 Å². The summed E-state index contributed by atoms with van der Waals surface area (Å²) >= 11 is 0. The van der Waals surface area contributed by atoms with Crippen LogP contribution in [0.5, 0.6) is 0 Å². The summed E-state index contributed by atoms with van der Waals surface area (Å²) in [5.41, 5.74) is 1.96. The zero-order valence-electron chi connectivity index (χ0n) is 15.5. The van der Waals surface area contributed by atoms with Gasteiger partial charge in [-0.05, 0) is 74.0 Å². The monoisotopic (exact) mass is 328 g/mol. The van der Waals surface area contributed by atoms with E-state index in [1.165, 1.54) is 25.0 Å². The van der Waals surface area contributed by atoms with Crippen molar-refractivity contribution in [3.05, 3.63) is 35.8 Å². The average molecular weight is 329 g/mol. The zero-order chi connectivity index (χ0) is 17.1. The Kier molecular flexibility index (Phi) is 3.65. The molecule has 2 fully saturated rings. The number of aliphatic hydroxyl groups excluding tert-OH is 1. The standard InChI is InChI=1S/C21H32N2O/c1-20-9-7-14(24)11-13(20)12-17(22-3)19-15-5-6-18(23-4)21(15,2)10-8-16(19)20/h6-7,9,11,13,15-17,19,22-24H,5,8,10,12H2,1-4H3/t13?,15-,16+,17?,19-,20-,21-/m0/s1. The molecule has 3 N–H and O–H groups in total. The maximum atomic E-state index is 10.0. The molecule has 4 aliphatic carbocycles. The van der Waals surface area contributed by atoms with Crippen molar-refractivity contribution in [2.24, 2.45) is 34.5 Å². The molecule has 4 rings (SSSR count). The van der Waals surface area contributed by atoms with Gasteiger partial charge < -0.3 is 15.7 Å². The van der Waals surface area contributed by atoms with Gasteiger partial charge in [-0.1, -0.05) is 26.0 Å². The smallest absolute Gasteiger partial charge is 0.111 e. The molecular formula is C21H32N2O. The maximum Gasteiger partial charge on any atom is 0.111 e. The molecule has 0 amide bonds. The molecule has 0 aromatic heterocycles. The lowest BCUT2D eigenvalue weighted by Crippen LogP contribution is -2.59. The third-order valence-electron chi connectivity index (χ3n) is 8.11. The molecule has 24 heavy (non-hydrogen) atoms. The van der Waals surface area contributed by atoms with Gasteiger partial charge in [-0.15, -0.1) is 0 Å². The van der Waals surface area contributed by atoms with E-state index in [0.717, 1.165) is 12.3 Å². The summed E-state index contributed by atoms with van der Waals surface area (Å²) in [6.07, 6.45) is 13.7. The first-order valence-electron chi connectivity index (χ1n) is 9.59. The van der Waals surface area contributed by atoms with Crippen molar-refractivity contribution >= 4 is 0 Å². The highest BCUT2D eigenvalue weighted by atomic mass is 16.3. The van der Waals surface area contributed by atoms with E-state index < -0.39 is 0 Å². The molecule has 0 saturated heterocycles. The van der Waals surface area contributed by atoms with Crippen molar-refractivity contribution in [1.82, 2.24) is 10.6 Å². The summed E-state index contributed by atoms with van der Waals surface area (Å²) in [6.45, 7) is 4.91. The maximum absolute atomic E-state index is 10.0. The molecule has 132 valence electrons. The first-order valence-corrected chi connectivity index (χ1v) is 9.59. The third-order valence-corrected chi connectivity index (χ3v) is 8.11. The van der Waals surface area contributed by atoms with Crippen LogP contribution in [0.25, 0.3) is 0 Å². The fourth-order valence-electron chi connectivity index (χ4n) is 6.73. The quantitative estimate of drug-likeness (QED) is 0.723. The van der Waals surface area contributed by atoms with Gasteiger partial charge in [0.2, 0.25) is 0 Å². The van der Waals surface area contributed by atoms with Gasteiger partial charge in [0.15, 0.2) is 0 Å². The summed E-state index contributed by atoms with van der Waals surface area (Å²) in [5.74, 6) is 3.02. The number of fused-ring (bicyclic) bond motifs is 5. The molecule has 0 radical (unpaired) electrons. The van der Waals surface area contributed by atoms with Gasteiger partial charge in [-0.2, -0.15) is 0 Å². The lowest BCUT2D eigenvalue weighted by molar-refractivity contribution is -0.0675. The Balaban J connectivity index is 1.73. The van der Waals surface area contributed by atoms with E-state index >= 15 is 0 Å². The van der Waals surface area contributed by atoms with Gasteiger partial charge in [0.25, 0.3) is 0 Å². The Labute approximate surface area is 146 Å².